The number of nitrogens with two attached hydrogens (primary N) is 4. The van der Waals surface area contributed by atoms with Crippen molar-refractivity contribution in [3.8, 4) is 5.82 Å². The van der Waals surface area contributed by atoms with Gasteiger partial charge >= 0.3 is 5.97 Å². The predicted molar refractivity (Wildman–Crippen MR) is 304 cm³/mol. The van der Waals surface area contributed by atoms with Crippen LogP contribution in [0.5, 0.6) is 0 Å². The van der Waals surface area contributed by atoms with Gasteiger partial charge in [0.1, 0.15) is 60.5 Å². The summed E-state index contributed by atoms with van der Waals surface area (Å²) < 4.78 is 1.57. The summed E-state index contributed by atoms with van der Waals surface area (Å²) in [6.45, 7) is 10.3. The number of rotatable bonds is 18. The fourth-order valence-electron chi connectivity index (χ4n) is 10.4. The number of carbonyl (C=O) groups is 10. The molecule has 6 heterocycles. The number of carboxylic acids is 1. The number of H-pyrrole nitrogens is 1. The molecule has 1 saturated heterocycles. The molecule has 9 amide bonds. The van der Waals surface area contributed by atoms with Crippen LogP contribution in [0.4, 0.5) is 0 Å². The average molecular weight is 1160 g/mol. The molecule has 19 N–H and O–H groups in total. The number of guanidine groups is 2. The number of fused-ring (bicyclic) bond motifs is 13. The second-order valence-corrected chi connectivity index (χ2v) is 22.2. The van der Waals surface area contributed by atoms with Crippen LogP contribution in [-0.2, 0) is 60.8 Å². The van der Waals surface area contributed by atoms with E-state index in [9.17, 15) is 43.5 Å². The Morgan fingerprint density at radius 1 is 0.771 bits per heavy atom. The van der Waals surface area contributed by atoms with Crippen LogP contribution in [0.25, 0.3) is 16.7 Å². The highest BCUT2D eigenvalue weighted by atomic mass is 16.4. The quantitative estimate of drug-likeness (QED) is 0.0266. The van der Waals surface area contributed by atoms with Gasteiger partial charge in [-0.3, -0.25) is 57.7 Å². The van der Waals surface area contributed by atoms with Gasteiger partial charge in [0.25, 0.3) is 0 Å². The molecule has 3 unspecified atom stereocenters. The van der Waals surface area contributed by atoms with Gasteiger partial charge in [0.05, 0.1) is 12.2 Å². The predicted octanol–water partition coefficient (Wildman–Crippen LogP) is -2.72. The second kappa shape index (κ2) is 28.8. The van der Waals surface area contributed by atoms with Crippen molar-refractivity contribution in [2.75, 3.05) is 19.6 Å². The van der Waals surface area contributed by atoms with E-state index in [-0.39, 0.29) is 106 Å². The Kier molecular flexibility index (Phi) is 22.0. The molecule has 1 aromatic carbocycles. The number of carbonyl (C=O) groups excluding carboxylic acids is 9. The minimum Gasteiger partial charge on any atom is -0.480 e. The molecule has 3 aromatic rings. The van der Waals surface area contributed by atoms with E-state index in [4.69, 9.17) is 22.9 Å². The number of aromatic nitrogens is 3. The lowest BCUT2D eigenvalue weighted by Crippen LogP contribution is -2.61. The Morgan fingerprint density at radius 3 is 2.10 bits per heavy atom. The molecule has 29 nitrogen and oxygen atoms in total. The van der Waals surface area contributed by atoms with E-state index in [2.05, 4.69) is 67.8 Å². The largest absolute Gasteiger partial charge is 0.480 e. The van der Waals surface area contributed by atoms with Crippen molar-refractivity contribution in [2.45, 2.75) is 160 Å². The molecule has 7 bridgehead atoms. The van der Waals surface area contributed by atoms with Crippen molar-refractivity contribution in [1.29, 1.82) is 0 Å². The summed E-state index contributed by atoms with van der Waals surface area (Å²) in [5, 5.41) is 35.2. The monoisotopic (exact) mass is 1160 g/mol. The molecular weight excluding hydrogens is 1080 g/mol. The molecule has 4 aliphatic heterocycles. The number of benzene rings is 1. The zero-order valence-electron chi connectivity index (χ0n) is 47.6. The highest BCUT2D eigenvalue weighted by Crippen LogP contribution is 2.35. The zero-order chi connectivity index (χ0) is 60.8. The molecule has 452 valence electrons. The Balaban J connectivity index is 1.55. The van der Waals surface area contributed by atoms with E-state index in [1.807, 2.05) is 27.7 Å². The summed E-state index contributed by atoms with van der Waals surface area (Å²) in [6, 6.07) is -5.23. The first-order chi connectivity index (χ1) is 39.3. The Morgan fingerprint density at radius 2 is 1.46 bits per heavy atom. The van der Waals surface area contributed by atoms with E-state index < -0.39 is 120 Å². The summed E-state index contributed by atoms with van der Waals surface area (Å²) >= 11 is 0. The van der Waals surface area contributed by atoms with E-state index in [0.717, 1.165) is 0 Å². The number of hydrogen-bond donors (Lipinski definition) is 15. The van der Waals surface area contributed by atoms with Crippen molar-refractivity contribution < 1.29 is 53.1 Å². The lowest BCUT2D eigenvalue weighted by Gasteiger charge is -2.33. The maximum absolute atomic E-state index is 15.1. The second-order valence-electron chi connectivity index (χ2n) is 22.2. The third kappa shape index (κ3) is 17.1. The van der Waals surface area contributed by atoms with Gasteiger partial charge in [-0.1, -0.05) is 60.1 Å². The standard InChI is InChI=1S/C54H80N18O11/c1-7-27(6)18-36-49(79)70-42(26(4)5)50(80)69-38-21-31-30-13-12-28(41(25(2)3)43(51(81)68-36)71-46(76)33-14-15-39(73)63-33)19-35(30)65-44(31)72-23-29(62-24-72)20-37(47(77)67-34(52(82)83)11-9-17-60-54(57)58)64-40(74)22-61-45(75)32(66-48(38)78)10-8-16-59-53(55)56/h12-13,19,23-27,32-34,36-38,41-43,65H,7-11,14-18,20-22H2,1-6H3,(H,61,75)(H,63,73)(H,64,74)(H,66,78)(H,67,77)(H,68,81)(H,69,80)(H,70,79)(H,71,76)(H,82,83)(H4,55,56,59)(H4,57,58,60)/t27?,32-,33-,34?,36-,37?,38-,41+,42-,43-/m0/s1. The van der Waals surface area contributed by atoms with Gasteiger partial charge in [-0.2, -0.15) is 0 Å². The first-order valence-electron chi connectivity index (χ1n) is 28.0. The Hall–Kier alpha value is -8.79. The summed E-state index contributed by atoms with van der Waals surface area (Å²) in [6.07, 6.45) is 3.60. The molecule has 29 heteroatoms. The van der Waals surface area contributed by atoms with E-state index in [1.54, 1.807) is 42.8 Å². The van der Waals surface area contributed by atoms with Crippen LogP contribution >= 0.6 is 0 Å². The number of hydrogen-bond acceptors (Lipinski definition) is 13. The number of amides is 9. The first-order valence-corrected chi connectivity index (χ1v) is 28.0. The normalized spacial score (nSPS) is 23.6. The Bertz CT molecular complexity index is 2960. The molecule has 10 atom stereocenters. The van der Waals surface area contributed by atoms with Crippen LogP contribution in [0.15, 0.2) is 40.7 Å². The highest BCUT2D eigenvalue weighted by Gasteiger charge is 2.41. The van der Waals surface area contributed by atoms with Crippen molar-refractivity contribution >= 4 is 82.0 Å². The van der Waals surface area contributed by atoms with Gasteiger partial charge in [0.2, 0.25) is 53.2 Å². The van der Waals surface area contributed by atoms with Crippen LogP contribution in [0, 0.1) is 17.8 Å². The summed E-state index contributed by atoms with van der Waals surface area (Å²) in [7, 11) is 0. The minimum absolute atomic E-state index is 0.0379. The van der Waals surface area contributed by atoms with Crippen molar-refractivity contribution in [3.63, 3.8) is 0 Å². The fraction of sp³-hybridized carbons (Fsp3) is 0.574. The van der Waals surface area contributed by atoms with Gasteiger partial charge in [-0.25, -0.2) is 9.78 Å². The van der Waals surface area contributed by atoms with Crippen molar-refractivity contribution in [3.05, 3.63) is 47.5 Å². The highest BCUT2D eigenvalue weighted by molar-refractivity contribution is 6.00. The molecule has 1 fully saturated rings. The first kappa shape index (κ1) is 63.4. The third-order valence-electron chi connectivity index (χ3n) is 15.0. The van der Waals surface area contributed by atoms with Crippen LogP contribution in [0.1, 0.15) is 116 Å². The molecule has 0 spiro atoms. The maximum Gasteiger partial charge on any atom is 0.326 e. The molecule has 7 rings (SSSR count). The molecular formula is C54H80N18O11. The van der Waals surface area contributed by atoms with Crippen LogP contribution in [0.3, 0.4) is 0 Å². The van der Waals surface area contributed by atoms with Crippen LogP contribution < -0.4 is 70.8 Å². The number of nitrogens with zero attached hydrogens (tertiary/aromatic N) is 4. The smallest absolute Gasteiger partial charge is 0.326 e. The average Bonchev–Trinajstić information content (AvgIpc) is 3.22. The molecule has 4 aliphatic rings. The number of aliphatic imine (C=N–C) groups is 2. The third-order valence-corrected chi connectivity index (χ3v) is 15.0. The summed E-state index contributed by atoms with van der Waals surface area (Å²) in [4.78, 5) is 156. The van der Waals surface area contributed by atoms with Crippen molar-refractivity contribution in [2.24, 2.45) is 50.7 Å². The molecule has 2 aromatic heterocycles. The summed E-state index contributed by atoms with van der Waals surface area (Å²) in [5.41, 5.74) is 23.7. The molecule has 0 saturated carbocycles. The molecule has 0 radical (unpaired) electrons. The van der Waals surface area contributed by atoms with Crippen LogP contribution in [-0.4, -0.2) is 159 Å². The number of imidazole rings is 1. The van der Waals surface area contributed by atoms with Gasteiger partial charge in [-0.15, -0.1) is 0 Å². The van der Waals surface area contributed by atoms with Gasteiger partial charge in [-0.05, 0) is 67.9 Å². The van der Waals surface area contributed by atoms with E-state index in [0.29, 0.717) is 34.3 Å². The summed E-state index contributed by atoms with van der Waals surface area (Å²) in [5.74, 6) is -9.91. The number of carboxylic acid groups (broad SMARTS) is 1. The zero-order valence-corrected chi connectivity index (χ0v) is 47.6. The van der Waals surface area contributed by atoms with Crippen molar-refractivity contribution in [1.82, 2.24) is 62.4 Å². The number of nitrogens with one attached hydrogen (secondary N) is 10. The molecule has 0 aliphatic carbocycles. The maximum atomic E-state index is 15.1. The van der Waals surface area contributed by atoms with Gasteiger partial charge < -0.3 is 80.9 Å². The van der Waals surface area contributed by atoms with E-state index >= 15 is 9.59 Å². The number of aromatic amines is 1. The SMILES string of the molecule is CCC(C)C[C@@H]1NC(=O)[C@@H](NC(=O)[C@@H]2CCC(=O)N2)[C@H](C(C)C)c2ccc3c4c([nH]c3c2)-n2cnc(c2)CC(C(=O)NC(CCCN=C(N)N)C(=O)O)NC(=O)CNC(=O)[C@H](CCCN=C(N)N)NC(=O)[C@H](C4)NC(=O)[C@H](C(C)C)NC1=O. The minimum atomic E-state index is -1.49. The van der Waals surface area contributed by atoms with Gasteiger partial charge in [0.15, 0.2) is 11.9 Å². The van der Waals surface area contributed by atoms with Gasteiger partial charge in [0, 0.05) is 60.9 Å². The van der Waals surface area contributed by atoms with Crippen LogP contribution in [0.2, 0.25) is 0 Å². The lowest BCUT2D eigenvalue weighted by molar-refractivity contribution is -0.142. The molecule has 83 heavy (non-hydrogen) atoms. The Labute approximate surface area is 479 Å². The van der Waals surface area contributed by atoms with E-state index in [1.165, 1.54) is 6.33 Å². The number of aliphatic carboxylic acids is 1. The topological polar surface area (TPSA) is 462 Å². The lowest BCUT2D eigenvalue weighted by atomic mass is 9.81. The fourth-order valence-corrected chi connectivity index (χ4v) is 10.4.